The molecule has 0 radical (unpaired) electrons. The van der Waals surface area contributed by atoms with E-state index >= 15 is 0 Å². The number of nitrogens with one attached hydrogen (secondary N) is 1. The molecule has 154 valence electrons. The fourth-order valence-corrected chi connectivity index (χ4v) is 4.24. The number of carbonyl (C=O) groups is 1. The summed E-state index contributed by atoms with van der Waals surface area (Å²) in [4.78, 5) is 16.1. The molecule has 4 rings (SSSR count). The van der Waals surface area contributed by atoms with Crippen LogP contribution in [0.25, 0.3) is 0 Å². The highest BCUT2D eigenvalue weighted by atomic mass is 79.9. The number of ether oxygens (including phenoxy) is 1. The van der Waals surface area contributed by atoms with Gasteiger partial charge < -0.3 is 20.1 Å². The number of hydrogen-bond donors (Lipinski definition) is 2. The van der Waals surface area contributed by atoms with E-state index in [1.165, 1.54) is 5.69 Å². The van der Waals surface area contributed by atoms with Gasteiger partial charge in [-0.05, 0) is 48.4 Å². The van der Waals surface area contributed by atoms with E-state index in [4.69, 9.17) is 4.74 Å². The van der Waals surface area contributed by atoms with Gasteiger partial charge in [-0.1, -0.05) is 22.0 Å². The third kappa shape index (κ3) is 5.29. The smallest absolute Gasteiger partial charge is 0.224 e. The lowest BCUT2D eigenvalue weighted by Gasteiger charge is -2.37. The average Bonchev–Trinajstić information content (AvgIpc) is 2.73. The first-order valence-electron chi connectivity index (χ1n) is 10.0. The van der Waals surface area contributed by atoms with Crippen molar-refractivity contribution in [1.29, 1.82) is 0 Å². The van der Waals surface area contributed by atoms with Gasteiger partial charge in [0.15, 0.2) is 0 Å². The topological polar surface area (TPSA) is 65.0 Å². The van der Waals surface area contributed by atoms with Crippen molar-refractivity contribution in [3.63, 3.8) is 0 Å². The fourth-order valence-electron chi connectivity index (χ4n) is 3.85. The second-order valence-corrected chi connectivity index (χ2v) is 8.52. The maximum Gasteiger partial charge on any atom is 0.224 e. The predicted octanol–water partition coefficient (Wildman–Crippen LogP) is 2.90. The maximum atomic E-state index is 11.4. The Hall–Kier alpha value is -2.09. The number of aliphatic hydroxyl groups excluding tert-OH is 1. The number of hydrogen-bond acceptors (Lipinski definition) is 5. The summed E-state index contributed by atoms with van der Waals surface area (Å²) in [7, 11) is 0. The zero-order valence-corrected chi connectivity index (χ0v) is 17.9. The molecule has 1 saturated heterocycles. The molecule has 0 saturated carbocycles. The number of anilines is 2. The molecule has 1 unspecified atom stereocenters. The molecule has 29 heavy (non-hydrogen) atoms. The summed E-state index contributed by atoms with van der Waals surface area (Å²) in [5.41, 5.74) is 3.17. The molecular formula is C22H26BrN3O3. The fraction of sp³-hybridized carbons (Fsp3) is 0.409. The molecule has 2 N–H and O–H groups in total. The molecule has 1 atom stereocenters. The average molecular weight is 460 g/mol. The molecule has 0 aromatic heterocycles. The van der Waals surface area contributed by atoms with Crippen LogP contribution in [0.4, 0.5) is 11.4 Å². The number of aryl methyl sites for hydroxylation is 1. The number of fused-ring (bicyclic) bond motifs is 1. The zero-order valence-electron chi connectivity index (χ0n) is 16.3. The van der Waals surface area contributed by atoms with Gasteiger partial charge in [-0.25, -0.2) is 0 Å². The van der Waals surface area contributed by atoms with Gasteiger partial charge in [0, 0.05) is 55.0 Å². The van der Waals surface area contributed by atoms with E-state index < -0.39 is 6.10 Å². The monoisotopic (exact) mass is 459 g/mol. The van der Waals surface area contributed by atoms with Crippen molar-refractivity contribution in [2.75, 3.05) is 49.5 Å². The van der Waals surface area contributed by atoms with E-state index in [1.54, 1.807) is 0 Å². The highest BCUT2D eigenvalue weighted by Gasteiger charge is 2.20. The van der Waals surface area contributed by atoms with Crippen molar-refractivity contribution in [3.8, 4) is 5.75 Å². The Bertz CT molecular complexity index is 868. The van der Waals surface area contributed by atoms with Crippen LogP contribution in [0.3, 0.4) is 0 Å². The summed E-state index contributed by atoms with van der Waals surface area (Å²) in [5, 5.41) is 13.3. The molecule has 2 aliphatic heterocycles. The molecule has 2 aliphatic rings. The Labute approximate surface area is 179 Å². The molecule has 6 nitrogen and oxygen atoms in total. The van der Waals surface area contributed by atoms with Crippen LogP contribution >= 0.6 is 15.9 Å². The molecule has 0 bridgehead atoms. The third-order valence-electron chi connectivity index (χ3n) is 5.43. The molecule has 0 spiro atoms. The Balaban J connectivity index is 1.22. The molecular weight excluding hydrogens is 434 g/mol. The minimum atomic E-state index is -0.539. The highest BCUT2D eigenvalue weighted by Crippen LogP contribution is 2.27. The van der Waals surface area contributed by atoms with Crippen LogP contribution in [-0.4, -0.2) is 61.3 Å². The van der Waals surface area contributed by atoms with Crippen LogP contribution in [0.15, 0.2) is 46.9 Å². The minimum absolute atomic E-state index is 0.0570. The van der Waals surface area contributed by atoms with E-state index in [0.717, 1.165) is 54.1 Å². The van der Waals surface area contributed by atoms with Crippen LogP contribution in [0.2, 0.25) is 0 Å². The van der Waals surface area contributed by atoms with Crippen molar-refractivity contribution in [2.45, 2.75) is 18.9 Å². The number of piperazine rings is 1. The first kappa shape index (κ1) is 20.2. The summed E-state index contributed by atoms with van der Waals surface area (Å²) in [6.45, 7) is 4.59. The molecule has 0 aliphatic carbocycles. The lowest BCUT2D eigenvalue weighted by molar-refractivity contribution is -0.116. The van der Waals surface area contributed by atoms with Gasteiger partial charge in [0.25, 0.3) is 0 Å². The van der Waals surface area contributed by atoms with Crippen molar-refractivity contribution in [1.82, 2.24) is 4.90 Å². The van der Waals surface area contributed by atoms with Gasteiger partial charge in [0.05, 0.1) is 0 Å². The Morgan fingerprint density at radius 2 is 1.93 bits per heavy atom. The first-order chi connectivity index (χ1) is 14.1. The minimum Gasteiger partial charge on any atom is -0.491 e. The Morgan fingerprint density at radius 1 is 1.10 bits per heavy atom. The number of carbonyl (C=O) groups excluding carboxylic acids is 1. The van der Waals surface area contributed by atoms with E-state index in [-0.39, 0.29) is 12.5 Å². The Morgan fingerprint density at radius 3 is 2.72 bits per heavy atom. The molecule has 1 fully saturated rings. The van der Waals surface area contributed by atoms with Crippen molar-refractivity contribution < 1.29 is 14.6 Å². The molecule has 2 aromatic rings. The molecule has 1 amide bonds. The molecule has 2 aromatic carbocycles. The van der Waals surface area contributed by atoms with E-state index in [2.05, 4.69) is 49.2 Å². The summed E-state index contributed by atoms with van der Waals surface area (Å²) < 4.78 is 6.89. The van der Waals surface area contributed by atoms with Crippen LogP contribution in [0.5, 0.6) is 5.75 Å². The van der Waals surface area contributed by atoms with Crippen molar-refractivity contribution in [3.05, 3.63) is 52.5 Å². The van der Waals surface area contributed by atoms with Crippen molar-refractivity contribution in [2.24, 2.45) is 0 Å². The second-order valence-electron chi connectivity index (χ2n) is 7.60. The number of benzene rings is 2. The normalized spacial score (nSPS) is 18.1. The number of rotatable bonds is 6. The van der Waals surface area contributed by atoms with Gasteiger partial charge >= 0.3 is 0 Å². The number of β-amino-alcohol motifs (C(OH)–C–C–N with tert-alkyl or cyclic N) is 1. The van der Waals surface area contributed by atoms with Crippen LogP contribution in [0, 0.1) is 0 Å². The van der Waals surface area contributed by atoms with Crippen LogP contribution < -0.4 is 15.0 Å². The second kappa shape index (κ2) is 9.15. The number of aliphatic hydroxyl groups is 1. The maximum absolute atomic E-state index is 11.4. The largest absolute Gasteiger partial charge is 0.491 e. The van der Waals surface area contributed by atoms with E-state index in [9.17, 15) is 9.90 Å². The number of halogens is 1. The lowest BCUT2D eigenvalue weighted by atomic mass is 10.0. The van der Waals surface area contributed by atoms with Gasteiger partial charge in [-0.3, -0.25) is 9.69 Å². The lowest BCUT2D eigenvalue weighted by Crippen LogP contribution is -2.49. The summed E-state index contributed by atoms with van der Waals surface area (Å²) >= 11 is 3.53. The summed E-state index contributed by atoms with van der Waals surface area (Å²) in [6.07, 6.45) is 0.692. The Kier molecular flexibility index (Phi) is 6.37. The van der Waals surface area contributed by atoms with Gasteiger partial charge in [-0.2, -0.15) is 0 Å². The van der Waals surface area contributed by atoms with Crippen molar-refractivity contribution >= 4 is 33.2 Å². The molecule has 2 heterocycles. The quantitative estimate of drug-likeness (QED) is 0.694. The van der Waals surface area contributed by atoms with Crippen LogP contribution in [-0.2, 0) is 11.2 Å². The highest BCUT2D eigenvalue weighted by molar-refractivity contribution is 9.10. The summed E-state index contributed by atoms with van der Waals surface area (Å²) in [5.74, 6) is 0.792. The SMILES string of the molecule is O=C1CCc2cc(OCC(O)CN3CCN(c4cccc(Br)c4)CC3)ccc2N1. The van der Waals surface area contributed by atoms with E-state index in [0.29, 0.717) is 13.0 Å². The van der Waals surface area contributed by atoms with Gasteiger partial charge in [0.2, 0.25) is 5.91 Å². The summed E-state index contributed by atoms with van der Waals surface area (Å²) in [6, 6.07) is 14.0. The number of amides is 1. The van der Waals surface area contributed by atoms with Gasteiger partial charge in [0.1, 0.15) is 18.5 Å². The zero-order chi connectivity index (χ0) is 20.2. The standard InChI is InChI=1S/C22H26BrN3O3/c23-17-2-1-3-18(13-17)26-10-8-25(9-11-26)14-19(27)15-29-20-5-6-21-16(12-20)4-7-22(28)24-21/h1-3,5-6,12-13,19,27H,4,7-11,14-15H2,(H,24,28). The molecule has 7 heteroatoms. The van der Waals surface area contributed by atoms with Crippen LogP contribution in [0.1, 0.15) is 12.0 Å². The van der Waals surface area contributed by atoms with Gasteiger partial charge in [-0.15, -0.1) is 0 Å². The predicted molar refractivity (Wildman–Crippen MR) is 118 cm³/mol. The number of nitrogens with zero attached hydrogens (tertiary/aromatic N) is 2. The van der Waals surface area contributed by atoms with E-state index in [1.807, 2.05) is 24.3 Å². The third-order valence-corrected chi connectivity index (χ3v) is 5.92. The first-order valence-corrected chi connectivity index (χ1v) is 10.8.